The van der Waals surface area contributed by atoms with E-state index in [2.05, 4.69) is 26.1 Å². The predicted molar refractivity (Wildman–Crippen MR) is 44.0 cm³/mol. The highest BCUT2D eigenvalue weighted by Gasteiger charge is 2.43. The Labute approximate surface area is 67.3 Å². The Morgan fingerprint density at radius 3 is 2.36 bits per heavy atom. The number of nitrogens with one attached hydrogen (secondary N) is 1. The van der Waals surface area contributed by atoms with Gasteiger partial charge in [0.25, 0.3) is 0 Å². The molecule has 0 heterocycles. The third kappa shape index (κ3) is 2.50. The second-order valence-electron chi connectivity index (χ2n) is 4.25. The Bertz CT molecular complexity index is 171. The van der Waals surface area contributed by atoms with Gasteiger partial charge in [-0.3, -0.25) is 4.79 Å². The lowest BCUT2D eigenvalue weighted by Gasteiger charge is -2.20. The molecule has 2 unspecified atom stereocenters. The Kier molecular flexibility index (Phi) is 1.92. The van der Waals surface area contributed by atoms with Crippen molar-refractivity contribution >= 4 is 5.91 Å². The monoisotopic (exact) mass is 156 g/mol. The van der Waals surface area contributed by atoms with E-state index in [-0.39, 0.29) is 17.4 Å². The molecule has 1 rings (SSSR count). The molecular formula is C8H16N2O. The van der Waals surface area contributed by atoms with Crippen molar-refractivity contribution in [2.45, 2.75) is 38.8 Å². The van der Waals surface area contributed by atoms with Gasteiger partial charge in [0.1, 0.15) is 0 Å². The van der Waals surface area contributed by atoms with Crippen LogP contribution in [-0.2, 0) is 4.79 Å². The Balaban J connectivity index is 2.29. The normalized spacial score (nSPS) is 30.1. The number of hydrogen-bond acceptors (Lipinski definition) is 2. The van der Waals surface area contributed by atoms with Crippen LogP contribution in [0.25, 0.3) is 0 Å². The predicted octanol–water partition coefficient (Wildman–Crippen LogP) is 0.248. The molecule has 3 N–H and O–H groups in total. The van der Waals surface area contributed by atoms with E-state index in [1.807, 2.05) is 0 Å². The molecule has 3 heteroatoms. The van der Waals surface area contributed by atoms with E-state index >= 15 is 0 Å². The minimum atomic E-state index is -0.174. The van der Waals surface area contributed by atoms with E-state index in [1.165, 1.54) is 0 Å². The standard InChI is InChI=1S/C8H16N2O/c1-8(2,3)10-6-4-5(6)7(9)11/h5-6,10H,4H2,1-3H3,(H2,9,11). The summed E-state index contributed by atoms with van der Waals surface area (Å²) in [5, 5.41) is 3.32. The highest BCUT2D eigenvalue weighted by molar-refractivity contribution is 5.80. The molecule has 0 aromatic heterocycles. The van der Waals surface area contributed by atoms with Crippen molar-refractivity contribution in [1.29, 1.82) is 0 Å². The van der Waals surface area contributed by atoms with E-state index < -0.39 is 0 Å². The maximum Gasteiger partial charge on any atom is 0.222 e. The third-order valence-electron chi connectivity index (χ3n) is 1.77. The van der Waals surface area contributed by atoms with Crippen LogP contribution in [0.5, 0.6) is 0 Å². The maximum absolute atomic E-state index is 10.6. The van der Waals surface area contributed by atoms with Gasteiger partial charge in [0.2, 0.25) is 5.91 Å². The molecule has 1 amide bonds. The second kappa shape index (κ2) is 2.48. The third-order valence-corrected chi connectivity index (χ3v) is 1.77. The fourth-order valence-corrected chi connectivity index (χ4v) is 1.23. The van der Waals surface area contributed by atoms with Crippen LogP contribution in [0.2, 0.25) is 0 Å². The first-order valence-electron chi connectivity index (χ1n) is 3.97. The number of amides is 1. The van der Waals surface area contributed by atoms with Crippen LogP contribution in [0, 0.1) is 5.92 Å². The Hall–Kier alpha value is -0.570. The summed E-state index contributed by atoms with van der Waals surface area (Å²) in [6.45, 7) is 6.26. The quantitative estimate of drug-likeness (QED) is 0.602. The summed E-state index contributed by atoms with van der Waals surface area (Å²) in [6, 6.07) is 0.326. The van der Waals surface area contributed by atoms with E-state index in [0.29, 0.717) is 6.04 Å². The summed E-state index contributed by atoms with van der Waals surface area (Å²) in [6.07, 6.45) is 0.909. The van der Waals surface area contributed by atoms with Crippen LogP contribution in [0.3, 0.4) is 0 Å². The Morgan fingerprint density at radius 1 is 1.55 bits per heavy atom. The van der Waals surface area contributed by atoms with E-state index in [9.17, 15) is 4.79 Å². The van der Waals surface area contributed by atoms with Crippen LogP contribution < -0.4 is 11.1 Å². The van der Waals surface area contributed by atoms with Crippen LogP contribution in [0.1, 0.15) is 27.2 Å². The summed E-state index contributed by atoms with van der Waals surface area (Å²) in [5.41, 5.74) is 5.22. The number of carbonyl (C=O) groups is 1. The van der Waals surface area contributed by atoms with E-state index in [4.69, 9.17) is 5.73 Å². The van der Waals surface area contributed by atoms with Gasteiger partial charge >= 0.3 is 0 Å². The molecule has 0 bridgehead atoms. The average molecular weight is 156 g/mol. The molecule has 0 aliphatic heterocycles. The van der Waals surface area contributed by atoms with Gasteiger partial charge in [0.15, 0.2) is 0 Å². The van der Waals surface area contributed by atoms with Crippen LogP contribution in [-0.4, -0.2) is 17.5 Å². The van der Waals surface area contributed by atoms with Crippen molar-refractivity contribution < 1.29 is 4.79 Å². The van der Waals surface area contributed by atoms with E-state index in [1.54, 1.807) is 0 Å². The highest BCUT2D eigenvalue weighted by atomic mass is 16.1. The van der Waals surface area contributed by atoms with Gasteiger partial charge in [-0.2, -0.15) is 0 Å². The van der Waals surface area contributed by atoms with Crippen LogP contribution >= 0.6 is 0 Å². The van der Waals surface area contributed by atoms with Crippen molar-refractivity contribution in [3.05, 3.63) is 0 Å². The molecule has 1 saturated carbocycles. The smallest absolute Gasteiger partial charge is 0.222 e. The largest absolute Gasteiger partial charge is 0.369 e. The number of hydrogen-bond donors (Lipinski definition) is 2. The first-order chi connectivity index (χ1) is 4.90. The molecule has 1 aliphatic carbocycles. The number of primary amides is 1. The van der Waals surface area contributed by atoms with Gasteiger partial charge in [0, 0.05) is 11.6 Å². The van der Waals surface area contributed by atoms with Gasteiger partial charge in [-0.25, -0.2) is 0 Å². The maximum atomic E-state index is 10.6. The van der Waals surface area contributed by atoms with Gasteiger partial charge in [-0.1, -0.05) is 0 Å². The molecule has 64 valence electrons. The Morgan fingerprint density at radius 2 is 2.09 bits per heavy atom. The zero-order chi connectivity index (χ0) is 8.65. The lowest BCUT2D eigenvalue weighted by Crippen LogP contribution is -2.39. The van der Waals surface area contributed by atoms with Crippen molar-refractivity contribution in [3.8, 4) is 0 Å². The minimum absolute atomic E-state index is 0.0780. The number of carbonyl (C=O) groups excluding carboxylic acids is 1. The topological polar surface area (TPSA) is 55.1 Å². The van der Waals surface area contributed by atoms with Crippen molar-refractivity contribution in [2.75, 3.05) is 0 Å². The van der Waals surface area contributed by atoms with Gasteiger partial charge in [-0.05, 0) is 27.2 Å². The zero-order valence-electron chi connectivity index (χ0n) is 7.35. The summed E-state index contributed by atoms with van der Waals surface area (Å²) in [7, 11) is 0. The van der Waals surface area contributed by atoms with Gasteiger partial charge in [0.05, 0.1) is 5.92 Å². The highest BCUT2D eigenvalue weighted by Crippen LogP contribution is 2.31. The van der Waals surface area contributed by atoms with Crippen LogP contribution in [0.4, 0.5) is 0 Å². The molecule has 3 nitrogen and oxygen atoms in total. The summed E-state index contributed by atoms with van der Waals surface area (Å²) in [4.78, 5) is 10.6. The second-order valence-corrected chi connectivity index (χ2v) is 4.25. The van der Waals surface area contributed by atoms with Gasteiger partial charge in [-0.15, -0.1) is 0 Å². The summed E-state index contributed by atoms with van der Waals surface area (Å²) < 4.78 is 0. The fourth-order valence-electron chi connectivity index (χ4n) is 1.23. The van der Waals surface area contributed by atoms with Crippen LogP contribution in [0.15, 0.2) is 0 Å². The van der Waals surface area contributed by atoms with E-state index in [0.717, 1.165) is 6.42 Å². The molecule has 2 atom stereocenters. The molecule has 11 heavy (non-hydrogen) atoms. The molecule has 0 saturated heterocycles. The molecule has 1 fully saturated rings. The van der Waals surface area contributed by atoms with Crippen molar-refractivity contribution in [2.24, 2.45) is 11.7 Å². The number of rotatable bonds is 2. The lowest BCUT2D eigenvalue weighted by molar-refractivity contribution is -0.119. The SMILES string of the molecule is CC(C)(C)NC1CC1C(N)=O. The molecule has 0 aromatic carbocycles. The molecule has 0 spiro atoms. The molecular weight excluding hydrogens is 140 g/mol. The van der Waals surface area contributed by atoms with Crippen molar-refractivity contribution in [3.63, 3.8) is 0 Å². The first kappa shape index (κ1) is 8.53. The summed E-state index contributed by atoms with van der Waals surface area (Å²) >= 11 is 0. The summed E-state index contributed by atoms with van der Waals surface area (Å²) in [5.74, 6) is -0.0963. The lowest BCUT2D eigenvalue weighted by atomic mass is 10.1. The number of nitrogens with two attached hydrogens (primary N) is 1. The zero-order valence-corrected chi connectivity index (χ0v) is 7.35. The molecule has 1 aliphatic rings. The molecule has 0 radical (unpaired) electrons. The fraction of sp³-hybridized carbons (Fsp3) is 0.875. The average Bonchev–Trinajstić information content (AvgIpc) is 2.40. The minimum Gasteiger partial charge on any atom is -0.369 e. The van der Waals surface area contributed by atoms with Gasteiger partial charge < -0.3 is 11.1 Å². The first-order valence-corrected chi connectivity index (χ1v) is 3.97. The molecule has 0 aromatic rings. The van der Waals surface area contributed by atoms with Crippen molar-refractivity contribution in [1.82, 2.24) is 5.32 Å².